The maximum atomic E-state index is 5.93. The molecule has 1 aromatic carbocycles. The van der Waals surface area contributed by atoms with Gasteiger partial charge in [-0.1, -0.05) is 19.9 Å². The van der Waals surface area contributed by atoms with Crippen molar-refractivity contribution in [3.8, 4) is 5.75 Å². The molecule has 0 amide bonds. The lowest BCUT2D eigenvalue weighted by atomic mass is 10.0. The van der Waals surface area contributed by atoms with E-state index in [1.54, 1.807) is 0 Å². The van der Waals surface area contributed by atoms with Gasteiger partial charge in [-0.3, -0.25) is 0 Å². The van der Waals surface area contributed by atoms with Crippen molar-refractivity contribution in [1.29, 1.82) is 0 Å². The molecule has 2 rings (SSSR count). The molecule has 96 valence electrons. The van der Waals surface area contributed by atoms with E-state index in [1.165, 1.54) is 12.0 Å². The van der Waals surface area contributed by atoms with Crippen LogP contribution in [-0.2, 0) is 6.42 Å². The third-order valence-corrected chi connectivity index (χ3v) is 2.55. The number of hydrogen-bond acceptors (Lipinski definition) is 3. The maximum Gasteiger partial charge on any atom is 0.165 e. The molecule has 0 unspecified atom stereocenters. The minimum Gasteiger partial charge on any atom is -0.487 e. The molecule has 1 heterocycles. The Balaban J connectivity index is 0.000000686. The van der Waals surface area contributed by atoms with Gasteiger partial charge in [0.15, 0.2) is 5.75 Å². The Hall–Kier alpha value is -1.38. The molecule has 1 aliphatic rings. The van der Waals surface area contributed by atoms with Gasteiger partial charge < -0.3 is 15.8 Å². The predicted molar refractivity (Wildman–Crippen MR) is 74.8 cm³/mol. The average molecular weight is 236 g/mol. The summed E-state index contributed by atoms with van der Waals surface area (Å²) in [4.78, 5) is 0. The van der Waals surface area contributed by atoms with Crippen LogP contribution in [0.4, 0.5) is 11.4 Å². The second kappa shape index (κ2) is 6.38. The van der Waals surface area contributed by atoms with Crippen LogP contribution < -0.4 is 15.8 Å². The van der Waals surface area contributed by atoms with Gasteiger partial charge in [-0.05, 0) is 38.3 Å². The summed E-state index contributed by atoms with van der Waals surface area (Å²) in [5.41, 5.74) is 9.05. The van der Waals surface area contributed by atoms with Crippen molar-refractivity contribution in [3.05, 3.63) is 17.7 Å². The van der Waals surface area contributed by atoms with E-state index < -0.39 is 0 Å². The molecular weight excluding hydrogens is 212 g/mol. The largest absolute Gasteiger partial charge is 0.487 e. The normalized spacial score (nSPS) is 13.2. The van der Waals surface area contributed by atoms with Gasteiger partial charge in [0, 0.05) is 6.54 Å². The van der Waals surface area contributed by atoms with Crippen molar-refractivity contribution in [2.24, 2.45) is 0 Å². The van der Waals surface area contributed by atoms with Crippen LogP contribution in [0.5, 0.6) is 5.75 Å². The first-order valence-corrected chi connectivity index (χ1v) is 6.50. The number of hydrogen-bond donors (Lipinski definition) is 2. The first kappa shape index (κ1) is 13.7. The van der Waals surface area contributed by atoms with Crippen molar-refractivity contribution in [3.63, 3.8) is 0 Å². The van der Waals surface area contributed by atoms with Gasteiger partial charge in [-0.15, -0.1) is 0 Å². The Morgan fingerprint density at radius 3 is 2.65 bits per heavy atom. The first-order valence-electron chi connectivity index (χ1n) is 6.50. The molecule has 0 aliphatic carbocycles. The van der Waals surface area contributed by atoms with Crippen LogP contribution >= 0.6 is 0 Å². The number of fused-ring (bicyclic) bond motifs is 1. The average Bonchev–Trinajstić information content (AvgIpc) is 2.35. The summed E-state index contributed by atoms with van der Waals surface area (Å²) in [7, 11) is 0. The fourth-order valence-corrected chi connectivity index (χ4v) is 1.90. The van der Waals surface area contributed by atoms with Gasteiger partial charge in [0.05, 0.1) is 17.5 Å². The minimum absolute atomic E-state index is 0.155. The molecule has 0 atom stereocenters. The van der Waals surface area contributed by atoms with E-state index in [1.807, 2.05) is 33.8 Å². The van der Waals surface area contributed by atoms with Crippen LogP contribution in [0.3, 0.4) is 0 Å². The molecule has 0 bridgehead atoms. The standard InChI is InChI=1S/C12H18N2O.C2H6/c1-8(2)15-12-10(13)6-5-9-4-3-7-14-11(9)12;1-2/h5-6,8,14H,3-4,7,13H2,1-2H3;1-2H3. The molecule has 17 heavy (non-hydrogen) atoms. The molecule has 3 nitrogen and oxygen atoms in total. The summed E-state index contributed by atoms with van der Waals surface area (Å²) in [5, 5.41) is 3.37. The smallest absolute Gasteiger partial charge is 0.165 e. The van der Waals surface area contributed by atoms with Gasteiger partial charge in [0.25, 0.3) is 0 Å². The Kier molecular flexibility index (Phi) is 5.13. The quantitative estimate of drug-likeness (QED) is 0.773. The van der Waals surface area contributed by atoms with E-state index in [0.29, 0.717) is 0 Å². The van der Waals surface area contributed by atoms with Gasteiger partial charge in [0.1, 0.15) is 0 Å². The highest BCUT2D eigenvalue weighted by atomic mass is 16.5. The lowest BCUT2D eigenvalue weighted by Crippen LogP contribution is -2.16. The molecular formula is C14H24N2O. The van der Waals surface area contributed by atoms with Gasteiger partial charge in [0.2, 0.25) is 0 Å². The number of nitrogen functional groups attached to an aromatic ring is 1. The molecule has 1 aromatic rings. The lowest BCUT2D eigenvalue weighted by molar-refractivity contribution is 0.244. The van der Waals surface area contributed by atoms with Crippen LogP contribution in [-0.4, -0.2) is 12.6 Å². The zero-order chi connectivity index (χ0) is 12.8. The predicted octanol–water partition coefficient (Wildman–Crippen LogP) is 3.44. The van der Waals surface area contributed by atoms with E-state index in [0.717, 1.165) is 30.1 Å². The van der Waals surface area contributed by atoms with Crippen molar-refractivity contribution in [1.82, 2.24) is 0 Å². The second-order valence-corrected chi connectivity index (χ2v) is 4.21. The summed E-state index contributed by atoms with van der Waals surface area (Å²) in [6, 6.07) is 4.02. The highest BCUT2D eigenvalue weighted by molar-refractivity contribution is 5.73. The third-order valence-electron chi connectivity index (χ3n) is 2.55. The van der Waals surface area contributed by atoms with Gasteiger partial charge in [-0.25, -0.2) is 0 Å². The molecule has 3 heteroatoms. The van der Waals surface area contributed by atoms with E-state index >= 15 is 0 Å². The summed E-state index contributed by atoms with van der Waals surface area (Å²) >= 11 is 0. The van der Waals surface area contributed by atoms with Crippen LogP contribution in [0.25, 0.3) is 0 Å². The zero-order valence-electron chi connectivity index (χ0n) is 11.3. The van der Waals surface area contributed by atoms with E-state index in [2.05, 4.69) is 11.4 Å². The lowest BCUT2D eigenvalue weighted by Gasteiger charge is -2.23. The molecule has 0 aromatic heterocycles. The number of nitrogens with one attached hydrogen (secondary N) is 1. The summed E-state index contributed by atoms with van der Waals surface area (Å²) in [6.45, 7) is 9.04. The number of rotatable bonds is 2. The Morgan fingerprint density at radius 2 is 2.00 bits per heavy atom. The third kappa shape index (κ3) is 3.29. The molecule has 1 aliphatic heterocycles. The van der Waals surface area contributed by atoms with Crippen LogP contribution in [0.2, 0.25) is 0 Å². The number of aryl methyl sites for hydroxylation is 1. The topological polar surface area (TPSA) is 47.3 Å². The summed E-state index contributed by atoms with van der Waals surface area (Å²) in [6.07, 6.45) is 2.44. The zero-order valence-corrected chi connectivity index (χ0v) is 11.3. The maximum absolute atomic E-state index is 5.93. The number of benzene rings is 1. The fraction of sp³-hybridized carbons (Fsp3) is 0.571. The van der Waals surface area contributed by atoms with Gasteiger partial charge >= 0.3 is 0 Å². The molecule has 0 saturated heterocycles. The van der Waals surface area contributed by atoms with E-state index in [9.17, 15) is 0 Å². The summed E-state index contributed by atoms with van der Waals surface area (Å²) in [5.74, 6) is 0.821. The van der Waals surface area contributed by atoms with Crippen LogP contribution in [0.1, 0.15) is 39.7 Å². The highest BCUT2D eigenvalue weighted by Crippen LogP contribution is 2.37. The van der Waals surface area contributed by atoms with Crippen molar-refractivity contribution < 1.29 is 4.74 Å². The molecule has 0 spiro atoms. The van der Waals surface area contributed by atoms with Crippen LogP contribution in [0.15, 0.2) is 12.1 Å². The Morgan fingerprint density at radius 1 is 1.29 bits per heavy atom. The fourth-order valence-electron chi connectivity index (χ4n) is 1.90. The molecule has 3 N–H and O–H groups in total. The number of nitrogens with two attached hydrogens (primary N) is 1. The second-order valence-electron chi connectivity index (χ2n) is 4.21. The molecule has 0 radical (unpaired) electrons. The molecule has 0 saturated carbocycles. The number of ether oxygens (including phenoxy) is 1. The van der Waals surface area contributed by atoms with Crippen molar-refractivity contribution in [2.45, 2.75) is 46.6 Å². The van der Waals surface area contributed by atoms with Crippen molar-refractivity contribution >= 4 is 11.4 Å². The van der Waals surface area contributed by atoms with E-state index in [4.69, 9.17) is 10.5 Å². The molecule has 0 fully saturated rings. The van der Waals surface area contributed by atoms with Crippen LogP contribution in [0, 0.1) is 0 Å². The Bertz CT molecular complexity index is 361. The number of anilines is 2. The summed E-state index contributed by atoms with van der Waals surface area (Å²) < 4.78 is 5.76. The Labute approximate surface area is 104 Å². The van der Waals surface area contributed by atoms with Crippen molar-refractivity contribution in [2.75, 3.05) is 17.6 Å². The van der Waals surface area contributed by atoms with Gasteiger partial charge in [-0.2, -0.15) is 0 Å². The SMILES string of the molecule is CC.CC(C)Oc1c(N)ccc2c1NCCC2. The minimum atomic E-state index is 0.155. The van der Waals surface area contributed by atoms with E-state index in [-0.39, 0.29) is 6.10 Å². The first-order chi connectivity index (χ1) is 8.18. The monoisotopic (exact) mass is 236 g/mol. The highest BCUT2D eigenvalue weighted by Gasteiger charge is 2.16.